The van der Waals surface area contributed by atoms with E-state index in [1.54, 1.807) is 18.2 Å². The van der Waals surface area contributed by atoms with Crippen LogP contribution in [0.25, 0.3) is 0 Å². The second-order valence-corrected chi connectivity index (χ2v) is 5.51. The Balaban J connectivity index is 2.04. The third-order valence-corrected chi connectivity index (χ3v) is 3.93. The summed E-state index contributed by atoms with van der Waals surface area (Å²) in [4.78, 5) is 24.7. The quantitative estimate of drug-likeness (QED) is 0.899. The van der Waals surface area contributed by atoms with E-state index in [0.717, 1.165) is 0 Å². The average molecular weight is 313 g/mol. The number of amides is 2. The number of carbonyl (C=O) groups is 2. The molecule has 1 heterocycles. The van der Waals surface area contributed by atoms with Crippen LogP contribution in [0.4, 0.5) is 10.5 Å². The van der Waals surface area contributed by atoms with Gasteiger partial charge in [-0.25, -0.2) is 4.79 Å². The largest absolute Gasteiger partial charge is 0.495 e. The van der Waals surface area contributed by atoms with Crippen molar-refractivity contribution in [2.75, 3.05) is 25.5 Å². The minimum Gasteiger partial charge on any atom is -0.495 e. The highest BCUT2D eigenvalue weighted by Gasteiger charge is 2.36. The van der Waals surface area contributed by atoms with Gasteiger partial charge in [0.2, 0.25) is 0 Å². The summed E-state index contributed by atoms with van der Waals surface area (Å²) in [6, 6.07) is 4.59. The van der Waals surface area contributed by atoms with Crippen molar-refractivity contribution in [3.05, 3.63) is 23.2 Å². The van der Waals surface area contributed by atoms with Crippen molar-refractivity contribution < 1.29 is 19.4 Å². The van der Waals surface area contributed by atoms with Crippen molar-refractivity contribution >= 4 is 29.3 Å². The molecule has 7 heteroatoms. The predicted molar refractivity (Wildman–Crippen MR) is 78.9 cm³/mol. The Hall–Kier alpha value is -1.95. The number of nitrogens with one attached hydrogen (secondary N) is 1. The maximum atomic E-state index is 12.2. The summed E-state index contributed by atoms with van der Waals surface area (Å²) in [7, 11) is 1.49. The van der Waals surface area contributed by atoms with Gasteiger partial charge in [0.05, 0.1) is 18.1 Å². The molecule has 1 fully saturated rings. The second-order valence-electron chi connectivity index (χ2n) is 5.11. The molecule has 6 nitrogen and oxygen atoms in total. The fraction of sp³-hybridized carbons (Fsp3) is 0.429. The summed E-state index contributed by atoms with van der Waals surface area (Å²) in [5.41, 5.74) is 0.549. The average Bonchev–Trinajstić information content (AvgIpc) is 2.83. The molecule has 1 aliphatic heterocycles. The van der Waals surface area contributed by atoms with Gasteiger partial charge in [0.1, 0.15) is 5.75 Å². The van der Waals surface area contributed by atoms with Crippen LogP contribution < -0.4 is 10.1 Å². The van der Waals surface area contributed by atoms with E-state index in [4.69, 9.17) is 21.4 Å². The SMILES string of the molecule is COc1cc(NC(=O)N2CC(C)C(C(=O)O)C2)ccc1Cl. The number of carboxylic acids is 1. The van der Waals surface area contributed by atoms with Crippen LogP contribution in [0.1, 0.15) is 6.92 Å². The van der Waals surface area contributed by atoms with Gasteiger partial charge in [-0.3, -0.25) is 4.79 Å². The van der Waals surface area contributed by atoms with Crippen LogP contribution in [0.3, 0.4) is 0 Å². The minimum absolute atomic E-state index is 0.0620. The third kappa shape index (κ3) is 3.39. The summed E-state index contributed by atoms with van der Waals surface area (Å²) >= 11 is 5.92. The molecule has 1 aliphatic rings. The molecule has 0 bridgehead atoms. The molecule has 0 aliphatic carbocycles. The molecule has 2 N–H and O–H groups in total. The van der Waals surface area contributed by atoms with Crippen LogP contribution in [-0.4, -0.2) is 42.2 Å². The number of urea groups is 1. The monoisotopic (exact) mass is 312 g/mol. The lowest BCUT2D eigenvalue weighted by molar-refractivity contribution is -0.142. The van der Waals surface area contributed by atoms with E-state index in [0.29, 0.717) is 23.0 Å². The molecule has 2 unspecified atom stereocenters. The Morgan fingerprint density at radius 2 is 2.14 bits per heavy atom. The van der Waals surface area contributed by atoms with Gasteiger partial charge in [0.15, 0.2) is 0 Å². The van der Waals surface area contributed by atoms with Crippen molar-refractivity contribution in [3.63, 3.8) is 0 Å². The number of hydrogen-bond donors (Lipinski definition) is 2. The highest BCUT2D eigenvalue weighted by Crippen LogP contribution is 2.28. The smallest absolute Gasteiger partial charge is 0.321 e. The number of nitrogens with zero attached hydrogens (tertiary/aromatic N) is 1. The summed E-state index contributed by atoms with van der Waals surface area (Å²) in [5, 5.41) is 12.3. The molecule has 1 saturated heterocycles. The zero-order valence-corrected chi connectivity index (χ0v) is 12.6. The van der Waals surface area contributed by atoms with Crippen molar-refractivity contribution in [1.29, 1.82) is 0 Å². The van der Waals surface area contributed by atoms with Crippen LogP contribution in [0.15, 0.2) is 18.2 Å². The summed E-state index contributed by atoms with van der Waals surface area (Å²) < 4.78 is 5.08. The number of ether oxygens (including phenoxy) is 1. The highest BCUT2D eigenvalue weighted by atomic mass is 35.5. The Morgan fingerprint density at radius 1 is 1.43 bits per heavy atom. The van der Waals surface area contributed by atoms with Gasteiger partial charge in [-0.15, -0.1) is 0 Å². The van der Waals surface area contributed by atoms with E-state index < -0.39 is 11.9 Å². The van der Waals surface area contributed by atoms with Crippen molar-refractivity contribution in [2.24, 2.45) is 11.8 Å². The van der Waals surface area contributed by atoms with Gasteiger partial charge in [0.25, 0.3) is 0 Å². The van der Waals surface area contributed by atoms with Crippen LogP contribution in [-0.2, 0) is 4.79 Å². The number of hydrogen-bond acceptors (Lipinski definition) is 3. The lowest BCUT2D eigenvalue weighted by Gasteiger charge is -2.17. The number of benzene rings is 1. The first-order chi connectivity index (χ1) is 9.92. The van der Waals surface area contributed by atoms with Gasteiger partial charge in [-0.05, 0) is 18.1 Å². The molecule has 1 aromatic rings. The van der Waals surface area contributed by atoms with Crippen LogP contribution in [0.5, 0.6) is 5.75 Å². The molecule has 0 aromatic heterocycles. The van der Waals surface area contributed by atoms with E-state index in [-0.39, 0.29) is 18.5 Å². The molecule has 114 valence electrons. The van der Waals surface area contributed by atoms with Gasteiger partial charge in [-0.2, -0.15) is 0 Å². The molecular weight excluding hydrogens is 296 g/mol. The molecular formula is C14H17ClN2O4. The highest BCUT2D eigenvalue weighted by molar-refractivity contribution is 6.32. The number of carbonyl (C=O) groups excluding carboxylic acids is 1. The zero-order valence-electron chi connectivity index (χ0n) is 11.8. The Bertz CT molecular complexity index is 564. The second kappa shape index (κ2) is 6.22. The van der Waals surface area contributed by atoms with Crippen molar-refractivity contribution in [2.45, 2.75) is 6.92 Å². The Kier molecular flexibility index (Phi) is 4.57. The fourth-order valence-corrected chi connectivity index (χ4v) is 2.59. The number of likely N-dealkylation sites (tertiary alicyclic amines) is 1. The molecule has 0 spiro atoms. The van der Waals surface area contributed by atoms with Crippen LogP contribution >= 0.6 is 11.6 Å². The maximum Gasteiger partial charge on any atom is 0.321 e. The molecule has 0 saturated carbocycles. The number of halogens is 1. The van der Waals surface area contributed by atoms with Crippen LogP contribution in [0.2, 0.25) is 5.02 Å². The van der Waals surface area contributed by atoms with Crippen molar-refractivity contribution in [3.8, 4) is 5.75 Å². The topological polar surface area (TPSA) is 78.9 Å². The first-order valence-corrected chi connectivity index (χ1v) is 6.92. The Labute approximate surface area is 127 Å². The van der Waals surface area contributed by atoms with E-state index in [1.807, 2.05) is 6.92 Å². The number of aliphatic carboxylic acids is 1. The fourth-order valence-electron chi connectivity index (χ4n) is 2.39. The van der Waals surface area contributed by atoms with E-state index in [9.17, 15) is 9.59 Å². The van der Waals surface area contributed by atoms with Crippen molar-refractivity contribution in [1.82, 2.24) is 4.90 Å². The molecule has 1 aromatic carbocycles. The minimum atomic E-state index is -0.869. The maximum absolute atomic E-state index is 12.2. The first kappa shape index (κ1) is 15.4. The van der Waals surface area contributed by atoms with Gasteiger partial charge in [-0.1, -0.05) is 18.5 Å². The number of methoxy groups -OCH3 is 1. The van der Waals surface area contributed by atoms with E-state index in [1.165, 1.54) is 12.0 Å². The number of rotatable bonds is 3. The van der Waals surface area contributed by atoms with Gasteiger partial charge >= 0.3 is 12.0 Å². The number of anilines is 1. The molecule has 2 atom stereocenters. The first-order valence-electron chi connectivity index (χ1n) is 6.54. The zero-order chi connectivity index (χ0) is 15.6. The van der Waals surface area contributed by atoms with Crippen LogP contribution in [0, 0.1) is 11.8 Å². The lowest BCUT2D eigenvalue weighted by atomic mass is 9.99. The lowest BCUT2D eigenvalue weighted by Crippen LogP contribution is -2.33. The van der Waals surface area contributed by atoms with E-state index >= 15 is 0 Å². The normalized spacial score (nSPS) is 21.2. The Morgan fingerprint density at radius 3 is 2.71 bits per heavy atom. The summed E-state index contributed by atoms with van der Waals surface area (Å²) in [6.07, 6.45) is 0. The van der Waals surface area contributed by atoms with E-state index in [2.05, 4.69) is 5.32 Å². The summed E-state index contributed by atoms with van der Waals surface area (Å²) in [5.74, 6) is -0.984. The molecule has 2 rings (SSSR count). The summed E-state index contributed by atoms with van der Waals surface area (Å²) in [6.45, 7) is 2.47. The standard InChI is InChI=1S/C14H17ClN2O4/c1-8-6-17(7-10(8)13(18)19)14(20)16-9-3-4-11(15)12(5-9)21-2/h3-5,8,10H,6-7H2,1-2H3,(H,16,20)(H,18,19). The molecule has 21 heavy (non-hydrogen) atoms. The third-order valence-electron chi connectivity index (χ3n) is 3.62. The number of carboxylic acid groups (broad SMARTS) is 1. The van der Waals surface area contributed by atoms with Gasteiger partial charge in [0, 0.05) is 24.8 Å². The molecule has 0 radical (unpaired) electrons. The predicted octanol–water partition coefficient (Wildman–Crippen LogP) is 2.53. The molecule has 2 amide bonds. The van der Waals surface area contributed by atoms with Gasteiger partial charge < -0.3 is 20.1 Å².